The highest BCUT2D eigenvalue weighted by Gasteiger charge is 2.22. The molecular weight excluding hydrogens is 160 g/mol. The van der Waals surface area contributed by atoms with Gasteiger partial charge in [-0.15, -0.1) is 0 Å². The summed E-state index contributed by atoms with van der Waals surface area (Å²) in [5.41, 5.74) is 0. The summed E-state index contributed by atoms with van der Waals surface area (Å²) in [5.74, 6) is 0.369. The summed E-state index contributed by atoms with van der Waals surface area (Å²) in [7, 11) is 0. The van der Waals surface area contributed by atoms with E-state index in [2.05, 4.69) is 6.58 Å². The molecule has 1 N–H and O–H groups in total. The van der Waals surface area contributed by atoms with Gasteiger partial charge in [0.1, 0.15) is 0 Å². The molecule has 0 spiro atoms. The van der Waals surface area contributed by atoms with E-state index in [0.29, 0.717) is 11.0 Å². The second-order valence-electron chi connectivity index (χ2n) is 3.33. The van der Waals surface area contributed by atoms with Crippen LogP contribution in [0.4, 0.5) is 0 Å². The van der Waals surface area contributed by atoms with Crippen LogP contribution in [0.3, 0.4) is 0 Å². The van der Waals surface area contributed by atoms with Gasteiger partial charge >= 0.3 is 0 Å². The van der Waals surface area contributed by atoms with Gasteiger partial charge < -0.3 is 5.11 Å². The largest absolute Gasteiger partial charge is 0.393 e. The molecule has 11 heavy (non-hydrogen) atoms. The molecule has 1 fully saturated rings. The topological polar surface area (TPSA) is 20.2 Å². The molecular formula is C9H15ClO. The Hall–Kier alpha value is -0.0100. The van der Waals surface area contributed by atoms with Gasteiger partial charge in [0, 0.05) is 5.03 Å². The van der Waals surface area contributed by atoms with Crippen LogP contribution in [-0.2, 0) is 0 Å². The van der Waals surface area contributed by atoms with Crippen LogP contribution in [0.5, 0.6) is 0 Å². The second-order valence-corrected chi connectivity index (χ2v) is 3.87. The third-order valence-corrected chi connectivity index (χ3v) is 2.51. The summed E-state index contributed by atoms with van der Waals surface area (Å²) in [6.07, 6.45) is 5.07. The summed E-state index contributed by atoms with van der Waals surface area (Å²) in [4.78, 5) is 0. The Labute approximate surface area is 73.1 Å². The highest BCUT2D eigenvalue weighted by atomic mass is 35.5. The summed E-state index contributed by atoms with van der Waals surface area (Å²) in [6, 6.07) is 0. The standard InChI is InChI=1S/C9H15ClO/c1-7(10)6-8-4-2-3-5-9(8)11/h8-9,11H,1-6H2. The molecule has 0 bridgehead atoms. The number of aliphatic hydroxyl groups excluding tert-OH is 1. The molecule has 1 saturated carbocycles. The van der Waals surface area contributed by atoms with Crippen molar-refractivity contribution in [2.75, 3.05) is 0 Å². The Kier molecular flexibility index (Phi) is 3.41. The lowest BCUT2D eigenvalue weighted by molar-refractivity contribution is 0.0709. The summed E-state index contributed by atoms with van der Waals surface area (Å²) >= 11 is 5.67. The molecule has 2 unspecified atom stereocenters. The molecule has 0 aromatic heterocycles. The van der Waals surface area contributed by atoms with Crippen molar-refractivity contribution in [2.45, 2.75) is 38.2 Å². The molecule has 1 aliphatic carbocycles. The number of halogens is 1. The molecule has 0 heterocycles. The lowest BCUT2D eigenvalue weighted by Crippen LogP contribution is -2.24. The average molecular weight is 175 g/mol. The fourth-order valence-electron chi connectivity index (χ4n) is 1.71. The van der Waals surface area contributed by atoms with Gasteiger partial charge in [0.25, 0.3) is 0 Å². The van der Waals surface area contributed by atoms with E-state index in [-0.39, 0.29) is 6.10 Å². The number of aliphatic hydroxyl groups is 1. The van der Waals surface area contributed by atoms with E-state index in [9.17, 15) is 5.11 Å². The fraction of sp³-hybridized carbons (Fsp3) is 0.778. The van der Waals surface area contributed by atoms with Crippen molar-refractivity contribution in [3.8, 4) is 0 Å². The number of allylic oxidation sites excluding steroid dienone is 1. The number of hydrogen-bond acceptors (Lipinski definition) is 1. The summed E-state index contributed by atoms with van der Waals surface area (Å²) in [6.45, 7) is 3.64. The molecule has 0 amide bonds. The van der Waals surface area contributed by atoms with Crippen LogP contribution in [-0.4, -0.2) is 11.2 Å². The lowest BCUT2D eigenvalue weighted by atomic mass is 9.84. The van der Waals surface area contributed by atoms with Crippen molar-refractivity contribution in [1.82, 2.24) is 0 Å². The molecule has 0 aromatic rings. The van der Waals surface area contributed by atoms with Gasteiger partial charge in [0.15, 0.2) is 0 Å². The van der Waals surface area contributed by atoms with E-state index in [1.165, 1.54) is 6.42 Å². The second kappa shape index (κ2) is 4.13. The molecule has 64 valence electrons. The lowest BCUT2D eigenvalue weighted by Gasteiger charge is -2.26. The van der Waals surface area contributed by atoms with E-state index >= 15 is 0 Å². The Morgan fingerprint density at radius 3 is 2.64 bits per heavy atom. The van der Waals surface area contributed by atoms with E-state index in [4.69, 9.17) is 11.6 Å². The zero-order valence-electron chi connectivity index (χ0n) is 6.72. The van der Waals surface area contributed by atoms with Crippen molar-refractivity contribution in [3.05, 3.63) is 11.6 Å². The summed E-state index contributed by atoms with van der Waals surface area (Å²) in [5, 5.41) is 10.2. The molecule has 0 radical (unpaired) electrons. The highest BCUT2D eigenvalue weighted by Crippen LogP contribution is 2.29. The van der Waals surface area contributed by atoms with Crippen molar-refractivity contribution in [1.29, 1.82) is 0 Å². The van der Waals surface area contributed by atoms with E-state index in [0.717, 1.165) is 25.7 Å². The van der Waals surface area contributed by atoms with Gasteiger partial charge in [-0.3, -0.25) is 0 Å². The van der Waals surface area contributed by atoms with Crippen LogP contribution in [0.1, 0.15) is 32.1 Å². The van der Waals surface area contributed by atoms with E-state index in [1.54, 1.807) is 0 Å². The number of rotatable bonds is 2. The predicted molar refractivity (Wildman–Crippen MR) is 47.6 cm³/mol. The van der Waals surface area contributed by atoms with Crippen molar-refractivity contribution in [2.24, 2.45) is 5.92 Å². The van der Waals surface area contributed by atoms with Crippen LogP contribution in [0.15, 0.2) is 11.6 Å². The molecule has 2 atom stereocenters. The molecule has 2 heteroatoms. The first-order valence-corrected chi connectivity index (χ1v) is 4.59. The van der Waals surface area contributed by atoms with Crippen molar-refractivity contribution >= 4 is 11.6 Å². The molecule has 0 saturated heterocycles. The number of hydrogen-bond donors (Lipinski definition) is 1. The normalized spacial score (nSPS) is 31.8. The zero-order chi connectivity index (χ0) is 8.27. The Bertz CT molecular complexity index is 144. The first-order chi connectivity index (χ1) is 5.20. The van der Waals surface area contributed by atoms with E-state index in [1.807, 2.05) is 0 Å². The molecule has 1 aliphatic rings. The van der Waals surface area contributed by atoms with Gasteiger partial charge in [-0.25, -0.2) is 0 Å². The quantitative estimate of drug-likeness (QED) is 0.683. The SMILES string of the molecule is C=C(Cl)CC1CCCCC1O. The predicted octanol–water partition coefficient (Wildman–Crippen LogP) is 2.68. The summed E-state index contributed by atoms with van der Waals surface area (Å²) < 4.78 is 0. The highest BCUT2D eigenvalue weighted by molar-refractivity contribution is 6.29. The Morgan fingerprint density at radius 2 is 2.09 bits per heavy atom. The Balaban J connectivity index is 2.35. The minimum absolute atomic E-state index is 0.140. The Morgan fingerprint density at radius 1 is 1.45 bits per heavy atom. The van der Waals surface area contributed by atoms with Crippen molar-refractivity contribution in [3.63, 3.8) is 0 Å². The minimum atomic E-state index is -0.140. The third-order valence-electron chi connectivity index (χ3n) is 2.35. The van der Waals surface area contributed by atoms with Crippen LogP contribution >= 0.6 is 11.6 Å². The van der Waals surface area contributed by atoms with Gasteiger partial charge in [-0.05, 0) is 25.2 Å². The van der Waals surface area contributed by atoms with Gasteiger partial charge in [-0.2, -0.15) is 0 Å². The van der Waals surface area contributed by atoms with Gasteiger partial charge in [-0.1, -0.05) is 31.0 Å². The monoisotopic (exact) mass is 174 g/mol. The third kappa shape index (κ3) is 2.84. The molecule has 0 aliphatic heterocycles. The van der Waals surface area contributed by atoms with Crippen LogP contribution < -0.4 is 0 Å². The first-order valence-electron chi connectivity index (χ1n) is 4.21. The maximum absolute atomic E-state index is 9.52. The van der Waals surface area contributed by atoms with E-state index < -0.39 is 0 Å². The fourth-order valence-corrected chi connectivity index (χ4v) is 1.91. The first kappa shape index (κ1) is 9.08. The van der Waals surface area contributed by atoms with Crippen molar-refractivity contribution < 1.29 is 5.11 Å². The zero-order valence-corrected chi connectivity index (χ0v) is 7.48. The molecule has 1 rings (SSSR count). The van der Waals surface area contributed by atoms with Gasteiger partial charge in [0.2, 0.25) is 0 Å². The maximum atomic E-state index is 9.52. The smallest absolute Gasteiger partial charge is 0.0571 e. The minimum Gasteiger partial charge on any atom is -0.393 e. The van der Waals surface area contributed by atoms with Gasteiger partial charge in [0.05, 0.1) is 6.10 Å². The maximum Gasteiger partial charge on any atom is 0.0571 e. The van der Waals surface area contributed by atoms with Crippen LogP contribution in [0.2, 0.25) is 0 Å². The molecule has 0 aromatic carbocycles. The molecule has 1 nitrogen and oxygen atoms in total. The van der Waals surface area contributed by atoms with Crippen LogP contribution in [0.25, 0.3) is 0 Å². The van der Waals surface area contributed by atoms with Crippen LogP contribution in [0, 0.1) is 5.92 Å². The average Bonchev–Trinajstić information content (AvgIpc) is 1.93.